The van der Waals surface area contributed by atoms with Gasteiger partial charge in [0.2, 0.25) is 0 Å². The first-order valence-corrected chi connectivity index (χ1v) is 12.2. The van der Waals surface area contributed by atoms with Crippen molar-refractivity contribution in [3.63, 3.8) is 0 Å². The summed E-state index contributed by atoms with van der Waals surface area (Å²) in [6, 6.07) is 6.20. The summed E-state index contributed by atoms with van der Waals surface area (Å²) < 4.78 is 88.1. The second kappa shape index (κ2) is 9.20. The highest BCUT2D eigenvalue weighted by Gasteiger charge is 2.40. The summed E-state index contributed by atoms with van der Waals surface area (Å²) in [5.74, 6) is 0.0109. The lowest BCUT2D eigenvalue weighted by molar-refractivity contribution is -0.138. The van der Waals surface area contributed by atoms with E-state index in [2.05, 4.69) is 10.3 Å². The Kier molecular flexibility index (Phi) is 6.42. The van der Waals surface area contributed by atoms with Crippen LogP contribution in [0.15, 0.2) is 42.7 Å². The van der Waals surface area contributed by atoms with E-state index in [0.717, 1.165) is 37.5 Å². The Morgan fingerprint density at radius 2 is 1.76 bits per heavy atom. The van der Waals surface area contributed by atoms with Gasteiger partial charge in [-0.2, -0.15) is 26.3 Å². The van der Waals surface area contributed by atoms with Gasteiger partial charge in [0.25, 0.3) is 0 Å². The fourth-order valence-electron chi connectivity index (χ4n) is 5.41. The van der Waals surface area contributed by atoms with Crippen LogP contribution in [0.3, 0.4) is 0 Å². The number of piperidine rings is 1. The number of benzene rings is 2. The van der Waals surface area contributed by atoms with Crippen molar-refractivity contribution in [2.24, 2.45) is 0 Å². The van der Waals surface area contributed by atoms with Crippen LogP contribution in [0.25, 0.3) is 11.0 Å². The third kappa shape index (κ3) is 5.16. The number of ether oxygens (including phenoxy) is 1. The fourth-order valence-corrected chi connectivity index (χ4v) is 5.41. The van der Waals surface area contributed by atoms with Crippen LogP contribution in [0, 0.1) is 0 Å². The molecule has 0 radical (unpaired) electrons. The maximum Gasteiger partial charge on any atom is 0.418 e. The largest absolute Gasteiger partial charge is 0.492 e. The highest BCUT2D eigenvalue weighted by molar-refractivity contribution is 5.82. The van der Waals surface area contributed by atoms with E-state index in [1.165, 1.54) is 24.5 Å². The Labute approximate surface area is 209 Å². The van der Waals surface area contributed by atoms with Crippen LogP contribution < -0.4 is 10.1 Å². The zero-order valence-electron chi connectivity index (χ0n) is 20.0. The number of aliphatic hydroxyl groups is 1. The number of hydrogen-bond donors (Lipinski definition) is 2. The van der Waals surface area contributed by atoms with E-state index < -0.39 is 35.1 Å². The number of fused-ring (bicyclic) bond motifs is 1. The van der Waals surface area contributed by atoms with E-state index in [4.69, 9.17) is 4.74 Å². The standard InChI is InChI=1S/C26H27F6N3O2/c1-15-11-24(36,16-5-7-17(8-6-16)25(27,28)29)12-18(34-15)13-37-20-9-21(26(30,31)32)23-22(10-20)33-14-35(23)19-3-2-4-19/h5-10,14-15,18-19,34,36H,2-4,11-13H2,1H3/t15-,18-,24-/m0/s1. The van der Waals surface area contributed by atoms with Gasteiger partial charge in [-0.25, -0.2) is 4.98 Å². The first-order valence-electron chi connectivity index (χ1n) is 12.2. The number of nitrogens with one attached hydrogen (secondary N) is 1. The maximum atomic E-state index is 14.0. The summed E-state index contributed by atoms with van der Waals surface area (Å²) >= 11 is 0. The molecule has 1 aliphatic heterocycles. The van der Waals surface area contributed by atoms with Gasteiger partial charge in [0.15, 0.2) is 0 Å². The van der Waals surface area contributed by atoms with Gasteiger partial charge in [-0.3, -0.25) is 0 Å². The Hall–Kier alpha value is -2.79. The minimum Gasteiger partial charge on any atom is -0.492 e. The molecule has 1 saturated carbocycles. The average Bonchev–Trinajstić information content (AvgIpc) is 3.17. The molecule has 5 nitrogen and oxygen atoms in total. The molecule has 0 spiro atoms. The second-order valence-corrected chi connectivity index (χ2v) is 10.2. The highest BCUT2D eigenvalue weighted by atomic mass is 19.4. The van der Waals surface area contributed by atoms with Crippen LogP contribution in [0.5, 0.6) is 5.75 Å². The third-order valence-electron chi connectivity index (χ3n) is 7.37. The minimum absolute atomic E-state index is 0.00803. The van der Waals surface area contributed by atoms with Gasteiger partial charge < -0.3 is 19.7 Å². The lowest BCUT2D eigenvalue weighted by atomic mass is 9.79. The highest BCUT2D eigenvalue weighted by Crippen LogP contribution is 2.42. The van der Waals surface area contributed by atoms with Crippen LogP contribution in [0.2, 0.25) is 0 Å². The van der Waals surface area contributed by atoms with E-state index in [9.17, 15) is 31.4 Å². The van der Waals surface area contributed by atoms with Gasteiger partial charge in [-0.15, -0.1) is 0 Å². The minimum atomic E-state index is -4.60. The Morgan fingerprint density at radius 3 is 2.35 bits per heavy atom. The summed E-state index contributed by atoms with van der Waals surface area (Å²) in [6.07, 6.45) is -4.66. The molecule has 0 unspecified atom stereocenters. The van der Waals surface area contributed by atoms with Crippen LogP contribution in [-0.2, 0) is 18.0 Å². The summed E-state index contributed by atoms with van der Waals surface area (Å²) in [4.78, 5) is 4.20. The topological polar surface area (TPSA) is 59.3 Å². The van der Waals surface area contributed by atoms with Crippen molar-refractivity contribution < 1.29 is 36.2 Å². The number of imidazole rings is 1. The zero-order chi connectivity index (χ0) is 26.6. The molecule has 1 saturated heterocycles. The van der Waals surface area contributed by atoms with E-state index in [1.54, 1.807) is 4.57 Å². The summed E-state index contributed by atoms with van der Waals surface area (Å²) in [6.45, 7) is 1.78. The molecule has 11 heteroatoms. The van der Waals surface area contributed by atoms with Gasteiger partial charge in [0.1, 0.15) is 12.4 Å². The van der Waals surface area contributed by atoms with E-state index in [1.807, 2.05) is 6.92 Å². The average molecular weight is 528 g/mol. The number of alkyl halides is 6. The van der Waals surface area contributed by atoms with Crippen molar-refractivity contribution in [2.45, 2.75) is 75.1 Å². The third-order valence-corrected chi connectivity index (χ3v) is 7.37. The molecule has 5 rings (SSSR count). The summed E-state index contributed by atoms with van der Waals surface area (Å²) in [5.41, 5.74) is -2.44. The molecule has 2 fully saturated rings. The van der Waals surface area contributed by atoms with Gasteiger partial charge in [0.05, 0.1) is 34.1 Å². The van der Waals surface area contributed by atoms with E-state index >= 15 is 0 Å². The molecule has 2 N–H and O–H groups in total. The molecule has 2 aliphatic rings. The number of nitrogens with zero attached hydrogens (tertiary/aromatic N) is 2. The van der Waals surface area contributed by atoms with Gasteiger partial charge in [-0.05, 0) is 62.8 Å². The number of aromatic nitrogens is 2. The SMILES string of the molecule is C[C@H]1C[C@@](O)(c2ccc(C(F)(F)F)cc2)C[C@@H](COc2cc(C(F)(F)F)c3c(c2)ncn3C2CCC2)N1. The molecule has 1 aliphatic carbocycles. The number of halogens is 6. The molecule has 2 heterocycles. The Morgan fingerprint density at radius 1 is 1.05 bits per heavy atom. The van der Waals surface area contributed by atoms with Crippen LogP contribution >= 0.6 is 0 Å². The summed E-state index contributed by atoms with van der Waals surface area (Å²) in [7, 11) is 0. The second-order valence-electron chi connectivity index (χ2n) is 10.2. The van der Waals surface area contributed by atoms with Crippen molar-refractivity contribution in [3.05, 3.63) is 59.4 Å². The predicted octanol–water partition coefficient (Wildman–Crippen LogP) is 6.21. The van der Waals surface area contributed by atoms with Crippen molar-refractivity contribution in [1.82, 2.24) is 14.9 Å². The van der Waals surface area contributed by atoms with Gasteiger partial charge >= 0.3 is 12.4 Å². The first kappa shape index (κ1) is 25.8. The Balaban J connectivity index is 1.35. The van der Waals surface area contributed by atoms with Crippen molar-refractivity contribution >= 4 is 11.0 Å². The monoisotopic (exact) mass is 527 g/mol. The molecule has 0 amide bonds. The molecule has 0 bridgehead atoms. The van der Waals surface area contributed by atoms with E-state index in [0.29, 0.717) is 5.56 Å². The Bertz CT molecular complexity index is 1270. The van der Waals surface area contributed by atoms with E-state index in [-0.39, 0.29) is 48.3 Å². The number of hydrogen-bond acceptors (Lipinski definition) is 4. The van der Waals surface area contributed by atoms with Gasteiger partial charge in [-0.1, -0.05) is 12.1 Å². The molecule has 200 valence electrons. The number of rotatable bonds is 5. The quantitative estimate of drug-likeness (QED) is 0.388. The molecule has 37 heavy (non-hydrogen) atoms. The molecule has 3 aromatic rings. The fraction of sp³-hybridized carbons (Fsp3) is 0.500. The lowest BCUT2D eigenvalue weighted by Crippen LogP contribution is -2.53. The molecular weight excluding hydrogens is 500 g/mol. The van der Waals surface area contributed by atoms with Crippen molar-refractivity contribution in [1.29, 1.82) is 0 Å². The van der Waals surface area contributed by atoms with Crippen LogP contribution in [-0.4, -0.2) is 33.3 Å². The smallest absolute Gasteiger partial charge is 0.418 e. The lowest BCUT2D eigenvalue weighted by Gasteiger charge is -2.41. The predicted molar refractivity (Wildman–Crippen MR) is 124 cm³/mol. The molecule has 2 aromatic carbocycles. The molecule has 3 atom stereocenters. The van der Waals surface area contributed by atoms with Crippen LogP contribution in [0.1, 0.15) is 61.8 Å². The zero-order valence-corrected chi connectivity index (χ0v) is 20.0. The van der Waals surface area contributed by atoms with Crippen molar-refractivity contribution in [3.8, 4) is 5.75 Å². The van der Waals surface area contributed by atoms with Crippen LogP contribution in [0.4, 0.5) is 26.3 Å². The molecular formula is C26H27F6N3O2. The van der Waals surface area contributed by atoms with Gasteiger partial charge in [0, 0.05) is 24.2 Å². The first-order chi connectivity index (χ1) is 17.3. The van der Waals surface area contributed by atoms with Crippen molar-refractivity contribution in [2.75, 3.05) is 6.61 Å². The molecule has 1 aromatic heterocycles. The maximum absolute atomic E-state index is 14.0. The summed E-state index contributed by atoms with van der Waals surface area (Å²) in [5, 5.41) is 14.6. The normalized spacial score (nSPS) is 25.3.